The maximum atomic E-state index is 6.14. The normalized spacial score (nSPS) is 26.5. The summed E-state index contributed by atoms with van der Waals surface area (Å²) >= 11 is 0. The number of aromatic nitrogens is 2. The number of nitrogens with zero attached hydrogens (tertiary/aromatic N) is 3. The lowest BCUT2D eigenvalue weighted by atomic mass is 10.0. The van der Waals surface area contributed by atoms with Gasteiger partial charge in [0, 0.05) is 49.8 Å². The van der Waals surface area contributed by atoms with E-state index >= 15 is 0 Å². The van der Waals surface area contributed by atoms with Crippen molar-refractivity contribution in [1.82, 2.24) is 14.9 Å². The van der Waals surface area contributed by atoms with Crippen LogP contribution in [0.25, 0.3) is 0 Å². The van der Waals surface area contributed by atoms with Gasteiger partial charge in [0.05, 0.1) is 25.9 Å². The van der Waals surface area contributed by atoms with Gasteiger partial charge in [-0.3, -0.25) is 14.9 Å². The van der Waals surface area contributed by atoms with Crippen LogP contribution >= 0.6 is 0 Å². The predicted molar refractivity (Wildman–Crippen MR) is 94.8 cm³/mol. The Morgan fingerprint density at radius 3 is 2.84 bits per heavy atom. The molecule has 1 saturated carbocycles. The monoisotopic (exact) mass is 339 g/mol. The number of pyridine rings is 2. The summed E-state index contributed by atoms with van der Waals surface area (Å²) in [5.74, 6) is 0.488. The minimum atomic E-state index is 0.296. The number of morpholine rings is 1. The summed E-state index contributed by atoms with van der Waals surface area (Å²) in [6.45, 7) is 4.19. The van der Waals surface area contributed by atoms with E-state index < -0.39 is 0 Å². The Labute approximate surface area is 149 Å². The fraction of sp³-hybridized carbons (Fsp3) is 0.500. The van der Waals surface area contributed by atoms with Gasteiger partial charge in [-0.2, -0.15) is 0 Å². The SMILES string of the molecule is c1cncc(COCC2CCC3C2OCCN3Cc2ccncc2)c1. The van der Waals surface area contributed by atoms with Gasteiger partial charge < -0.3 is 9.47 Å². The molecule has 0 N–H and O–H groups in total. The van der Waals surface area contributed by atoms with E-state index in [1.54, 1.807) is 6.20 Å². The molecule has 1 aliphatic heterocycles. The van der Waals surface area contributed by atoms with Crippen molar-refractivity contribution < 1.29 is 9.47 Å². The van der Waals surface area contributed by atoms with Crippen molar-refractivity contribution in [3.63, 3.8) is 0 Å². The molecule has 2 aromatic heterocycles. The number of hydrogen-bond donors (Lipinski definition) is 0. The zero-order valence-electron chi connectivity index (χ0n) is 14.5. The molecule has 2 aliphatic rings. The quantitative estimate of drug-likeness (QED) is 0.810. The molecule has 0 spiro atoms. The molecule has 0 bridgehead atoms. The lowest BCUT2D eigenvalue weighted by Crippen LogP contribution is -2.50. The molecule has 2 aromatic rings. The summed E-state index contributed by atoms with van der Waals surface area (Å²) in [7, 11) is 0. The summed E-state index contributed by atoms with van der Waals surface area (Å²) in [6.07, 6.45) is 10.1. The summed E-state index contributed by atoms with van der Waals surface area (Å²) in [6, 6.07) is 8.72. The highest BCUT2D eigenvalue weighted by Crippen LogP contribution is 2.35. The minimum absolute atomic E-state index is 0.296. The van der Waals surface area contributed by atoms with E-state index in [4.69, 9.17) is 9.47 Å². The lowest BCUT2D eigenvalue weighted by molar-refractivity contribution is -0.0891. The van der Waals surface area contributed by atoms with Crippen LogP contribution in [0.15, 0.2) is 49.1 Å². The summed E-state index contributed by atoms with van der Waals surface area (Å²) < 4.78 is 12.1. The average Bonchev–Trinajstić information content (AvgIpc) is 3.08. The molecule has 1 aliphatic carbocycles. The molecule has 4 rings (SSSR count). The molecular formula is C20H25N3O2. The summed E-state index contributed by atoms with van der Waals surface area (Å²) in [5, 5.41) is 0. The van der Waals surface area contributed by atoms with Gasteiger partial charge in [0.25, 0.3) is 0 Å². The van der Waals surface area contributed by atoms with E-state index in [1.165, 1.54) is 18.4 Å². The molecule has 25 heavy (non-hydrogen) atoms. The van der Waals surface area contributed by atoms with Gasteiger partial charge >= 0.3 is 0 Å². The van der Waals surface area contributed by atoms with E-state index in [0.717, 1.165) is 31.9 Å². The Kier molecular flexibility index (Phi) is 5.35. The molecule has 2 fully saturated rings. The molecule has 0 aromatic carbocycles. The maximum absolute atomic E-state index is 6.14. The second kappa shape index (κ2) is 8.04. The molecular weight excluding hydrogens is 314 g/mol. The Morgan fingerprint density at radius 2 is 2.00 bits per heavy atom. The molecule has 5 heteroatoms. The van der Waals surface area contributed by atoms with Crippen LogP contribution in [-0.2, 0) is 22.6 Å². The zero-order chi connectivity index (χ0) is 16.9. The highest BCUT2D eigenvalue weighted by Gasteiger charge is 2.42. The number of ether oxygens (including phenoxy) is 2. The molecule has 1 saturated heterocycles. The first kappa shape index (κ1) is 16.6. The van der Waals surface area contributed by atoms with Crippen molar-refractivity contribution in [3.05, 3.63) is 60.2 Å². The van der Waals surface area contributed by atoms with Crippen molar-refractivity contribution in [2.45, 2.75) is 38.1 Å². The van der Waals surface area contributed by atoms with E-state index in [2.05, 4.69) is 33.1 Å². The topological polar surface area (TPSA) is 47.5 Å². The second-order valence-corrected chi connectivity index (χ2v) is 6.94. The fourth-order valence-corrected chi connectivity index (χ4v) is 4.05. The van der Waals surface area contributed by atoms with Crippen LogP contribution in [0.4, 0.5) is 0 Å². The molecule has 3 unspecified atom stereocenters. The third kappa shape index (κ3) is 4.06. The maximum Gasteiger partial charge on any atom is 0.0781 e. The van der Waals surface area contributed by atoms with Gasteiger partial charge in [0.2, 0.25) is 0 Å². The number of fused-ring (bicyclic) bond motifs is 1. The predicted octanol–water partition coefficient (Wildman–Crippen LogP) is 2.67. The standard InChI is InChI=1S/C20H25N3O2/c1-2-17(12-22-7-1)14-24-15-18-3-4-19-20(18)25-11-10-23(19)13-16-5-8-21-9-6-16/h1-2,5-9,12,18-20H,3-4,10-11,13-15H2. The lowest BCUT2D eigenvalue weighted by Gasteiger charge is -2.39. The fourth-order valence-electron chi connectivity index (χ4n) is 4.05. The molecule has 132 valence electrons. The number of hydrogen-bond acceptors (Lipinski definition) is 5. The second-order valence-electron chi connectivity index (χ2n) is 6.94. The van der Waals surface area contributed by atoms with Gasteiger partial charge in [-0.1, -0.05) is 6.07 Å². The Balaban J connectivity index is 1.31. The van der Waals surface area contributed by atoms with Crippen molar-refractivity contribution in [2.24, 2.45) is 5.92 Å². The smallest absolute Gasteiger partial charge is 0.0781 e. The van der Waals surface area contributed by atoms with Crippen LogP contribution in [0.2, 0.25) is 0 Å². The van der Waals surface area contributed by atoms with Gasteiger partial charge in [-0.25, -0.2) is 0 Å². The van der Waals surface area contributed by atoms with Gasteiger partial charge in [0.1, 0.15) is 0 Å². The van der Waals surface area contributed by atoms with E-state index in [1.807, 2.05) is 24.7 Å². The van der Waals surface area contributed by atoms with Crippen LogP contribution in [0.5, 0.6) is 0 Å². The zero-order valence-corrected chi connectivity index (χ0v) is 14.5. The highest BCUT2D eigenvalue weighted by atomic mass is 16.5. The largest absolute Gasteiger partial charge is 0.376 e. The van der Waals surface area contributed by atoms with E-state index in [-0.39, 0.29) is 0 Å². The number of rotatable bonds is 6. The Morgan fingerprint density at radius 1 is 1.08 bits per heavy atom. The average molecular weight is 339 g/mol. The summed E-state index contributed by atoms with van der Waals surface area (Å²) in [5.41, 5.74) is 2.45. The van der Waals surface area contributed by atoms with Crippen molar-refractivity contribution >= 4 is 0 Å². The van der Waals surface area contributed by atoms with Crippen molar-refractivity contribution in [1.29, 1.82) is 0 Å². The third-order valence-corrected chi connectivity index (χ3v) is 5.29. The van der Waals surface area contributed by atoms with E-state index in [0.29, 0.717) is 24.7 Å². The van der Waals surface area contributed by atoms with Crippen LogP contribution in [0, 0.1) is 5.92 Å². The van der Waals surface area contributed by atoms with Crippen LogP contribution < -0.4 is 0 Å². The molecule has 3 atom stereocenters. The minimum Gasteiger partial charge on any atom is -0.376 e. The van der Waals surface area contributed by atoms with Gasteiger partial charge in [0.15, 0.2) is 0 Å². The highest BCUT2D eigenvalue weighted by molar-refractivity contribution is 5.11. The first-order valence-corrected chi connectivity index (χ1v) is 9.11. The first-order chi connectivity index (χ1) is 12.4. The molecule has 3 heterocycles. The molecule has 5 nitrogen and oxygen atoms in total. The van der Waals surface area contributed by atoms with Crippen molar-refractivity contribution in [2.75, 3.05) is 19.8 Å². The van der Waals surface area contributed by atoms with Crippen molar-refractivity contribution in [3.8, 4) is 0 Å². The van der Waals surface area contributed by atoms with Gasteiger partial charge in [-0.05, 0) is 42.2 Å². The van der Waals surface area contributed by atoms with Gasteiger partial charge in [-0.15, -0.1) is 0 Å². The molecule has 0 amide bonds. The Bertz CT molecular complexity index is 653. The van der Waals surface area contributed by atoms with Crippen LogP contribution in [0.1, 0.15) is 24.0 Å². The van der Waals surface area contributed by atoms with Crippen LogP contribution in [-0.4, -0.2) is 46.8 Å². The summed E-state index contributed by atoms with van der Waals surface area (Å²) in [4.78, 5) is 10.8. The third-order valence-electron chi connectivity index (χ3n) is 5.29. The van der Waals surface area contributed by atoms with E-state index in [9.17, 15) is 0 Å². The molecule has 0 radical (unpaired) electrons. The Hall–Kier alpha value is -1.82. The first-order valence-electron chi connectivity index (χ1n) is 9.11. The van der Waals surface area contributed by atoms with Crippen LogP contribution in [0.3, 0.4) is 0 Å².